The van der Waals surface area contributed by atoms with Gasteiger partial charge in [0, 0.05) is 10.5 Å². The fourth-order valence-corrected chi connectivity index (χ4v) is 1.43. The van der Waals surface area contributed by atoms with Crippen molar-refractivity contribution < 1.29 is 23.1 Å². The average Bonchev–Trinajstić information content (AvgIpc) is 2.21. The largest absolute Gasteiger partial charge is 0.462 e. The highest BCUT2D eigenvalue weighted by Crippen LogP contribution is 2.26. The highest BCUT2D eigenvalue weighted by atomic mass is 79.9. The highest BCUT2D eigenvalue weighted by molar-refractivity contribution is 9.10. The van der Waals surface area contributed by atoms with E-state index in [9.17, 15) is 18.4 Å². The first kappa shape index (κ1) is 12.6. The quantitative estimate of drug-likeness (QED) is 0.635. The van der Waals surface area contributed by atoms with Crippen LogP contribution in [-0.4, -0.2) is 19.0 Å². The zero-order valence-corrected chi connectivity index (χ0v) is 9.60. The van der Waals surface area contributed by atoms with Gasteiger partial charge in [-0.05, 0) is 22.0 Å². The average molecular weight is 294 g/mol. The Hall–Kier alpha value is -1.50. The second-order valence-electron chi connectivity index (χ2n) is 2.69. The molecule has 0 bridgehead atoms. The van der Waals surface area contributed by atoms with E-state index in [1.165, 1.54) is 0 Å². The molecule has 16 heavy (non-hydrogen) atoms. The second kappa shape index (κ2) is 5.02. The maximum Gasteiger partial charge on any atom is 0.396 e. The van der Waals surface area contributed by atoms with Gasteiger partial charge in [0.2, 0.25) is 0 Å². The third-order valence-electron chi connectivity index (χ3n) is 1.62. The van der Waals surface area contributed by atoms with Gasteiger partial charge in [0.05, 0.1) is 12.8 Å². The number of amides is 1. The van der Waals surface area contributed by atoms with E-state index in [0.29, 0.717) is 6.07 Å². The van der Waals surface area contributed by atoms with Gasteiger partial charge in [0.25, 0.3) is 0 Å². The molecule has 0 unspecified atom stereocenters. The van der Waals surface area contributed by atoms with Crippen LogP contribution in [0.5, 0.6) is 0 Å². The van der Waals surface area contributed by atoms with Crippen molar-refractivity contribution in [3.05, 3.63) is 28.2 Å². The maximum absolute atomic E-state index is 13.2. The number of benzene rings is 1. The summed E-state index contributed by atoms with van der Waals surface area (Å²) in [4.78, 5) is 21.8. The molecule has 0 aliphatic carbocycles. The number of esters is 1. The van der Waals surface area contributed by atoms with Crippen molar-refractivity contribution in [2.24, 2.45) is 0 Å². The van der Waals surface area contributed by atoms with Crippen molar-refractivity contribution >= 4 is 33.5 Å². The normalized spacial score (nSPS) is 9.75. The number of anilines is 1. The Morgan fingerprint density at radius 2 is 2.00 bits per heavy atom. The monoisotopic (exact) mass is 293 g/mol. The summed E-state index contributed by atoms with van der Waals surface area (Å²) < 4.78 is 30.0. The maximum atomic E-state index is 13.2. The van der Waals surface area contributed by atoms with Crippen molar-refractivity contribution in [3.63, 3.8) is 0 Å². The summed E-state index contributed by atoms with van der Waals surface area (Å²) in [7, 11) is 1.01. The molecule has 1 N–H and O–H groups in total. The fraction of sp³-hybridized carbons (Fsp3) is 0.111. The number of hydrogen-bond donors (Lipinski definition) is 1. The Kier molecular flexibility index (Phi) is 3.94. The number of carbonyl (C=O) groups is 2. The second-order valence-corrected chi connectivity index (χ2v) is 3.54. The van der Waals surface area contributed by atoms with Crippen LogP contribution in [0.1, 0.15) is 0 Å². The summed E-state index contributed by atoms with van der Waals surface area (Å²) in [6, 6.07) is 1.54. The van der Waals surface area contributed by atoms with Gasteiger partial charge in [-0.25, -0.2) is 13.6 Å². The number of rotatable bonds is 1. The fourth-order valence-electron chi connectivity index (χ4n) is 0.919. The number of nitrogens with one attached hydrogen (secondary N) is 1. The predicted octanol–water partition coefficient (Wildman–Crippen LogP) is 1.84. The lowest BCUT2D eigenvalue weighted by Gasteiger charge is -2.07. The number of ether oxygens (including phenoxy) is 1. The van der Waals surface area contributed by atoms with Gasteiger partial charge in [-0.3, -0.25) is 4.79 Å². The predicted molar refractivity (Wildman–Crippen MR) is 54.7 cm³/mol. The molecule has 1 amide bonds. The molecule has 0 fully saturated rings. The van der Waals surface area contributed by atoms with E-state index >= 15 is 0 Å². The molecule has 1 aromatic carbocycles. The zero-order chi connectivity index (χ0) is 12.3. The van der Waals surface area contributed by atoms with Crippen LogP contribution in [0.2, 0.25) is 0 Å². The molecule has 0 atom stereocenters. The third kappa shape index (κ3) is 2.75. The molecule has 0 aromatic heterocycles. The van der Waals surface area contributed by atoms with Gasteiger partial charge in [0.1, 0.15) is 5.82 Å². The van der Waals surface area contributed by atoms with E-state index in [1.807, 2.05) is 5.32 Å². The molecule has 0 radical (unpaired) electrons. The smallest absolute Gasteiger partial charge is 0.396 e. The Morgan fingerprint density at radius 1 is 1.38 bits per heavy atom. The molecule has 0 saturated heterocycles. The Morgan fingerprint density at radius 3 is 2.50 bits per heavy atom. The molecular weight excluding hydrogens is 288 g/mol. The molecule has 0 saturated carbocycles. The van der Waals surface area contributed by atoms with Crippen molar-refractivity contribution in [2.75, 3.05) is 12.4 Å². The molecule has 0 aliphatic heterocycles. The Balaban J connectivity index is 2.98. The first-order chi connectivity index (χ1) is 7.45. The van der Waals surface area contributed by atoms with Crippen molar-refractivity contribution in [2.45, 2.75) is 0 Å². The standard InChI is InChI=1S/C9H6BrF2NO3/c1-16-9(15)8(14)13-7-5(10)2-4(11)3-6(7)12/h2-3H,1H3,(H,13,14). The van der Waals surface area contributed by atoms with E-state index in [2.05, 4.69) is 20.7 Å². The molecular formula is C9H6BrF2NO3. The van der Waals surface area contributed by atoms with Crippen LogP contribution < -0.4 is 5.32 Å². The Labute approximate surface area is 97.7 Å². The zero-order valence-electron chi connectivity index (χ0n) is 8.01. The van der Waals surface area contributed by atoms with Gasteiger partial charge >= 0.3 is 11.9 Å². The summed E-state index contributed by atoms with van der Waals surface area (Å²) >= 11 is 2.85. The van der Waals surface area contributed by atoms with Crippen molar-refractivity contribution in [1.29, 1.82) is 0 Å². The van der Waals surface area contributed by atoms with Gasteiger partial charge in [-0.1, -0.05) is 0 Å². The highest BCUT2D eigenvalue weighted by Gasteiger charge is 2.18. The molecule has 0 spiro atoms. The number of hydrogen-bond acceptors (Lipinski definition) is 3. The topological polar surface area (TPSA) is 55.4 Å². The minimum Gasteiger partial charge on any atom is -0.462 e. The SMILES string of the molecule is COC(=O)C(=O)Nc1c(F)cc(F)cc1Br. The number of carbonyl (C=O) groups excluding carboxylic acids is 2. The molecule has 1 aromatic rings. The molecule has 1 rings (SSSR count). The van der Waals surface area contributed by atoms with Crippen LogP contribution in [0, 0.1) is 11.6 Å². The molecule has 4 nitrogen and oxygen atoms in total. The lowest BCUT2D eigenvalue weighted by Crippen LogP contribution is -2.24. The van der Waals surface area contributed by atoms with Crippen LogP contribution in [0.4, 0.5) is 14.5 Å². The van der Waals surface area contributed by atoms with Crippen LogP contribution in [0.25, 0.3) is 0 Å². The van der Waals surface area contributed by atoms with E-state index in [-0.39, 0.29) is 10.2 Å². The molecule has 0 heterocycles. The van der Waals surface area contributed by atoms with Gasteiger partial charge in [-0.15, -0.1) is 0 Å². The minimum absolute atomic E-state index is 0.0118. The lowest BCUT2D eigenvalue weighted by molar-refractivity contribution is -0.150. The lowest BCUT2D eigenvalue weighted by atomic mass is 10.3. The number of halogens is 3. The van der Waals surface area contributed by atoms with E-state index in [0.717, 1.165) is 13.2 Å². The van der Waals surface area contributed by atoms with Crippen LogP contribution in [0.3, 0.4) is 0 Å². The summed E-state index contributed by atoms with van der Waals surface area (Å²) in [5.74, 6) is -4.12. The Bertz CT molecular complexity index is 427. The summed E-state index contributed by atoms with van der Waals surface area (Å²) in [5, 5.41) is 1.95. The molecule has 0 aliphatic rings. The van der Waals surface area contributed by atoms with E-state index in [4.69, 9.17) is 0 Å². The summed E-state index contributed by atoms with van der Waals surface area (Å²) in [5.41, 5.74) is -0.322. The number of methoxy groups -OCH3 is 1. The van der Waals surface area contributed by atoms with E-state index in [1.54, 1.807) is 0 Å². The van der Waals surface area contributed by atoms with Crippen LogP contribution in [-0.2, 0) is 14.3 Å². The van der Waals surface area contributed by atoms with Gasteiger partial charge < -0.3 is 10.1 Å². The van der Waals surface area contributed by atoms with Crippen molar-refractivity contribution in [3.8, 4) is 0 Å². The summed E-state index contributed by atoms with van der Waals surface area (Å²) in [6.45, 7) is 0. The van der Waals surface area contributed by atoms with Crippen LogP contribution >= 0.6 is 15.9 Å². The van der Waals surface area contributed by atoms with E-state index < -0.39 is 23.5 Å². The van der Waals surface area contributed by atoms with Crippen LogP contribution in [0.15, 0.2) is 16.6 Å². The summed E-state index contributed by atoms with van der Waals surface area (Å²) in [6.07, 6.45) is 0. The first-order valence-electron chi connectivity index (χ1n) is 3.99. The van der Waals surface area contributed by atoms with Gasteiger partial charge in [0.15, 0.2) is 5.82 Å². The van der Waals surface area contributed by atoms with Gasteiger partial charge in [-0.2, -0.15) is 0 Å². The minimum atomic E-state index is -1.17. The first-order valence-corrected chi connectivity index (χ1v) is 4.79. The molecule has 86 valence electrons. The third-order valence-corrected chi connectivity index (χ3v) is 2.24. The van der Waals surface area contributed by atoms with Crippen molar-refractivity contribution in [1.82, 2.24) is 0 Å². The molecule has 7 heteroatoms.